The third-order valence-electron chi connectivity index (χ3n) is 5.09. The van der Waals surface area contributed by atoms with Crippen molar-refractivity contribution < 1.29 is 22.7 Å². The molecule has 0 aliphatic carbocycles. The number of piperidine rings is 1. The van der Waals surface area contributed by atoms with Crippen molar-refractivity contribution in [2.24, 2.45) is 5.41 Å². The van der Waals surface area contributed by atoms with Crippen molar-refractivity contribution in [2.75, 3.05) is 33.4 Å². The van der Waals surface area contributed by atoms with Gasteiger partial charge in [0.1, 0.15) is 0 Å². The lowest BCUT2D eigenvalue weighted by atomic mass is 9.79. The quantitative estimate of drug-likeness (QED) is 0.722. The van der Waals surface area contributed by atoms with Gasteiger partial charge in [0.15, 0.2) is 0 Å². The maximum atomic E-state index is 12.9. The smallest absolute Gasteiger partial charge is 0.384 e. The second kappa shape index (κ2) is 10.3. The minimum absolute atomic E-state index is 0. The molecule has 2 N–H and O–H groups in total. The molecule has 1 aliphatic rings. The summed E-state index contributed by atoms with van der Waals surface area (Å²) in [5.74, 6) is -0.834. The van der Waals surface area contributed by atoms with E-state index in [1.807, 2.05) is 0 Å². The average molecular weight is 409 g/mol. The van der Waals surface area contributed by atoms with Crippen molar-refractivity contribution in [2.45, 2.75) is 38.3 Å². The molecule has 2 rings (SSSR count). The molecule has 1 aliphatic heterocycles. The number of alkyl halides is 3. The Morgan fingerprint density at radius 2 is 2.00 bits per heavy atom. The molecule has 1 aromatic rings. The number of nitrogens with one attached hydrogen (secondary N) is 2. The van der Waals surface area contributed by atoms with Gasteiger partial charge < -0.3 is 15.4 Å². The van der Waals surface area contributed by atoms with Crippen LogP contribution < -0.4 is 10.6 Å². The van der Waals surface area contributed by atoms with Crippen molar-refractivity contribution >= 4 is 18.3 Å². The molecule has 4 nitrogen and oxygen atoms in total. The number of rotatable bonds is 7. The molecule has 0 aromatic heterocycles. The van der Waals surface area contributed by atoms with E-state index in [0.717, 1.165) is 38.1 Å². The summed E-state index contributed by atoms with van der Waals surface area (Å²) in [7, 11) is 1.64. The van der Waals surface area contributed by atoms with E-state index >= 15 is 0 Å². The standard InChI is InChI=1S/C19H27F3N2O2.ClH/c1-3-16(14-5-4-6-15(11-14)19(20,21)22)17(25)24-12-18(13-26-2)7-9-23-10-8-18;/h4-6,11,16,23H,3,7-10,12-13H2,1-2H3,(H,24,25);1H. The van der Waals surface area contributed by atoms with Crippen LogP contribution in [-0.2, 0) is 15.7 Å². The Balaban J connectivity index is 0.00000364. The molecule has 0 spiro atoms. The zero-order valence-corrected chi connectivity index (χ0v) is 16.5. The van der Waals surface area contributed by atoms with Crippen LogP contribution in [0.1, 0.15) is 43.2 Å². The van der Waals surface area contributed by atoms with E-state index in [1.165, 1.54) is 6.07 Å². The van der Waals surface area contributed by atoms with Crippen LogP contribution in [0.4, 0.5) is 13.2 Å². The molecule has 8 heteroatoms. The molecule has 1 aromatic carbocycles. The second-order valence-corrected chi connectivity index (χ2v) is 6.98. The number of ether oxygens (including phenoxy) is 1. The van der Waals surface area contributed by atoms with Gasteiger partial charge in [0.2, 0.25) is 5.91 Å². The van der Waals surface area contributed by atoms with Gasteiger partial charge in [-0.15, -0.1) is 12.4 Å². The first-order valence-corrected chi connectivity index (χ1v) is 8.96. The van der Waals surface area contributed by atoms with E-state index < -0.39 is 17.7 Å². The van der Waals surface area contributed by atoms with Crippen molar-refractivity contribution in [1.82, 2.24) is 10.6 Å². The topological polar surface area (TPSA) is 50.4 Å². The summed E-state index contributed by atoms with van der Waals surface area (Å²) in [6.07, 6.45) is -2.20. The van der Waals surface area contributed by atoms with Crippen LogP contribution in [0.15, 0.2) is 24.3 Å². The molecule has 1 atom stereocenters. The number of carbonyl (C=O) groups is 1. The summed E-state index contributed by atoms with van der Waals surface area (Å²) >= 11 is 0. The molecular formula is C19H28ClF3N2O2. The normalized spacial score (nSPS) is 17.7. The summed E-state index contributed by atoms with van der Waals surface area (Å²) in [5, 5.41) is 6.25. The monoisotopic (exact) mass is 408 g/mol. The Morgan fingerprint density at radius 1 is 1.33 bits per heavy atom. The predicted molar refractivity (Wildman–Crippen MR) is 101 cm³/mol. The molecular weight excluding hydrogens is 381 g/mol. The SMILES string of the molecule is CCC(C(=O)NCC1(COC)CCNCC1)c1cccc(C(F)(F)F)c1.Cl. The summed E-state index contributed by atoms with van der Waals surface area (Å²) in [6.45, 7) is 4.56. The van der Waals surface area contributed by atoms with E-state index in [1.54, 1.807) is 20.1 Å². The summed E-state index contributed by atoms with van der Waals surface area (Å²) in [5.41, 5.74) is -0.455. The first-order valence-electron chi connectivity index (χ1n) is 8.96. The van der Waals surface area contributed by atoms with E-state index in [2.05, 4.69) is 10.6 Å². The van der Waals surface area contributed by atoms with E-state index in [4.69, 9.17) is 4.74 Å². The average Bonchev–Trinajstić information content (AvgIpc) is 2.61. The van der Waals surface area contributed by atoms with E-state index in [9.17, 15) is 18.0 Å². The number of hydrogen-bond acceptors (Lipinski definition) is 3. The fourth-order valence-electron chi connectivity index (χ4n) is 3.54. The molecule has 0 bridgehead atoms. The van der Waals surface area contributed by atoms with Crippen molar-refractivity contribution in [1.29, 1.82) is 0 Å². The highest BCUT2D eigenvalue weighted by Gasteiger charge is 2.34. The molecule has 1 fully saturated rings. The van der Waals surface area contributed by atoms with Crippen LogP contribution in [0.5, 0.6) is 0 Å². The first kappa shape index (κ1) is 23.7. The number of carbonyl (C=O) groups excluding carboxylic acids is 1. The molecule has 1 heterocycles. The highest BCUT2D eigenvalue weighted by atomic mass is 35.5. The Kier molecular flexibility index (Phi) is 9.05. The minimum atomic E-state index is -4.41. The Bertz CT molecular complexity index is 599. The largest absolute Gasteiger partial charge is 0.416 e. The van der Waals surface area contributed by atoms with Crippen LogP contribution in [0.3, 0.4) is 0 Å². The van der Waals surface area contributed by atoms with Gasteiger partial charge in [-0.3, -0.25) is 4.79 Å². The van der Waals surface area contributed by atoms with Gasteiger partial charge in [-0.2, -0.15) is 13.2 Å². The van der Waals surface area contributed by atoms with Crippen LogP contribution in [0.2, 0.25) is 0 Å². The van der Waals surface area contributed by atoms with Gasteiger partial charge in [0.25, 0.3) is 0 Å². The third-order valence-corrected chi connectivity index (χ3v) is 5.09. The number of hydrogen-bond donors (Lipinski definition) is 2. The highest BCUT2D eigenvalue weighted by molar-refractivity contribution is 5.85. The Morgan fingerprint density at radius 3 is 2.56 bits per heavy atom. The van der Waals surface area contributed by atoms with Crippen LogP contribution in [0, 0.1) is 5.41 Å². The van der Waals surface area contributed by atoms with E-state index in [-0.39, 0.29) is 23.7 Å². The molecule has 27 heavy (non-hydrogen) atoms. The van der Waals surface area contributed by atoms with Crippen LogP contribution in [0.25, 0.3) is 0 Å². The van der Waals surface area contributed by atoms with Crippen molar-refractivity contribution in [3.05, 3.63) is 35.4 Å². The minimum Gasteiger partial charge on any atom is -0.384 e. The lowest BCUT2D eigenvalue weighted by Crippen LogP contribution is -2.47. The van der Waals surface area contributed by atoms with E-state index in [0.29, 0.717) is 25.1 Å². The fraction of sp³-hybridized carbons (Fsp3) is 0.632. The molecule has 0 saturated carbocycles. The van der Waals surface area contributed by atoms with Gasteiger partial charge in [-0.1, -0.05) is 25.1 Å². The fourth-order valence-corrected chi connectivity index (χ4v) is 3.54. The molecule has 1 unspecified atom stereocenters. The van der Waals surface area contributed by atoms with Crippen molar-refractivity contribution in [3.8, 4) is 0 Å². The summed E-state index contributed by atoms with van der Waals surface area (Å²) in [6, 6.07) is 5.03. The van der Waals surface area contributed by atoms with Gasteiger partial charge >= 0.3 is 6.18 Å². The lowest BCUT2D eigenvalue weighted by Gasteiger charge is -2.37. The zero-order valence-electron chi connectivity index (χ0n) is 15.7. The number of halogens is 4. The first-order chi connectivity index (χ1) is 12.3. The Hall–Kier alpha value is -1.31. The molecule has 0 radical (unpaired) electrons. The van der Waals surface area contributed by atoms with Gasteiger partial charge in [-0.05, 0) is 44.0 Å². The maximum Gasteiger partial charge on any atom is 0.416 e. The van der Waals surface area contributed by atoms with Gasteiger partial charge in [-0.25, -0.2) is 0 Å². The zero-order chi connectivity index (χ0) is 19.2. The summed E-state index contributed by atoms with van der Waals surface area (Å²) < 4.78 is 44.2. The molecule has 1 amide bonds. The predicted octanol–water partition coefficient (Wildman–Crippen LogP) is 3.75. The lowest BCUT2D eigenvalue weighted by molar-refractivity contribution is -0.137. The maximum absolute atomic E-state index is 12.9. The molecule has 1 saturated heterocycles. The number of amides is 1. The summed E-state index contributed by atoms with van der Waals surface area (Å²) in [4.78, 5) is 12.7. The highest BCUT2D eigenvalue weighted by Crippen LogP contribution is 2.32. The number of benzene rings is 1. The van der Waals surface area contributed by atoms with Crippen LogP contribution >= 0.6 is 12.4 Å². The van der Waals surface area contributed by atoms with Crippen molar-refractivity contribution in [3.63, 3.8) is 0 Å². The molecule has 154 valence electrons. The van der Waals surface area contributed by atoms with Crippen LogP contribution in [-0.4, -0.2) is 39.3 Å². The second-order valence-electron chi connectivity index (χ2n) is 6.98. The number of methoxy groups -OCH3 is 1. The van der Waals surface area contributed by atoms with Gasteiger partial charge in [0.05, 0.1) is 18.1 Å². The Labute approximate surface area is 164 Å². The third kappa shape index (κ3) is 6.36. The van der Waals surface area contributed by atoms with Gasteiger partial charge in [0, 0.05) is 19.1 Å².